The van der Waals surface area contributed by atoms with Crippen LogP contribution in [-0.2, 0) is 37.9 Å². The minimum Gasteiger partial charge on any atom is -0.508 e. The molecule has 55 heavy (non-hydrogen) atoms. The normalized spacial score (nSPS) is 15.7. The number of aromatic hydroxyl groups is 1. The number of hydrogen-bond acceptors (Lipinski definition) is 7. The van der Waals surface area contributed by atoms with Gasteiger partial charge in [-0.3, -0.25) is 14.5 Å². The van der Waals surface area contributed by atoms with E-state index in [1.807, 2.05) is 66.9 Å². The largest absolute Gasteiger partial charge is 0.508 e. The first kappa shape index (κ1) is 37.7. The van der Waals surface area contributed by atoms with Gasteiger partial charge in [0.05, 0.1) is 38.0 Å². The molecule has 5 aromatic rings. The van der Waals surface area contributed by atoms with Gasteiger partial charge in [0.25, 0.3) is 11.8 Å². The third kappa shape index (κ3) is 8.08. The van der Waals surface area contributed by atoms with Crippen molar-refractivity contribution in [2.45, 2.75) is 46.0 Å². The lowest BCUT2D eigenvalue weighted by Gasteiger charge is -2.40. The second-order valence-corrected chi connectivity index (χ2v) is 14.3. The van der Waals surface area contributed by atoms with Gasteiger partial charge in [-0.1, -0.05) is 36.4 Å². The highest BCUT2D eigenvalue weighted by atomic mass is 19.1. The number of carbonyl (C=O) groups excluding carboxylic acids is 2. The number of hydrogen-bond donors (Lipinski definition) is 1. The van der Waals surface area contributed by atoms with Crippen LogP contribution in [0.4, 0.5) is 10.1 Å². The molecule has 0 unspecified atom stereocenters. The van der Waals surface area contributed by atoms with Gasteiger partial charge in [-0.2, -0.15) is 0 Å². The van der Waals surface area contributed by atoms with Gasteiger partial charge in [-0.15, -0.1) is 0 Å². The summed E-state index contributed by atoms with van der Waals surface area (Å²) in [4.78, 5) is 34.6. The summed E-state index contributed by atoms with van der Waals surface area (Å²) >= 11 is 0. The number of aryl methyl sites for hydroxylation is 1. The van der Waals surface area contributed by atoms with Crippen LogP contribution in [0, 0.1) is 19.7 Å². The molecule has 2 aliphatic rings. The lowest BCUT2D eigenvalue weighted by molar-refractivity contribution is 0.0192. The zero-order chi connectivity index (χ0) is 38.6. The molecule has 1 N–H and O–H groups in total. The first-order valence-electron chi connectivity index (χ1n) is 18.6. The predicted octanol–water partition coefficient (Wildman–Crippen LogP) is 6.82. The zero-order valence-electron chi connectivity index (χ0n) is 31.8. The van der Waals surface area contributed by atoms with E-state index in [9.17, 15) is 14.7 Å². The molecule has 3 heterocycles. The number of aromatic nitrogens is 1. The number of phenolic OH excluding ortho intramolecular Hbond substituents is 1. The van der Waals surface area contributed by atoms with Crippen LogP contribution in [0.2, 0.25) is 0 Å². The van der Waals surface area contributed by atoms with Crippen molar-refractivity contribution in [3.63, 3.8) is 0 Å². The Bertz CT molecular complexity index is 2180. The maximum atomic E-state index is 15.4. The molecule has 4 aromatic carbocycles. The fourth-order valence-electron chi connectivity index (χ4n) is 7.50. The predicted molar refractivity (Wildman–Crippen MR) is 208 cm³/mol. The molecule has 1 aromatic heterocycles. The van der Waals surface area contributed by atoms with Gasteiger partial charge in [0.1, 0.15) is 18.1 Å². The van der Waals surface area contributed by atoms with Crippen molar-refractivity contribution in [3.8, 4) is 17.2 Å². The van der Waals surface area contributed by atoms with E-state index in [1.165, 1.54) is 24.8 Å². The van der Waals surface area contributed by atoms with Gasteiger partial charge < -0.3 is 33.7 Å². The maximum Gasteiger partial charge on any atom is 0.260 e. The summed E-state index contributed by atoms with van der Waals surface area (Å²) in [7, 11) is 3.28. The Morgan fingerprint density at radius 2 is 1.65 bits per heavy atom. The number of fused-ring (bicyclic) bond motifs is 1. The van der Waals surface area contributed by atoms with E-state index in [-0.39, 0.29) is 42.5 Å². The summed E-state index contributed by atoms with van der Waals surface area (Å²) in [6.45, 7) is 8.02. The molecule has 0 spiro atoms. The molecule has 1 fully saturated rings. The number of amides is 2. The molecule has 11 heteroatoms. The number of morpholine rings is 1. The molecule has 2 aliphatic heterocycles. The quantitative estimate of drug-likeness (QED) is 0.159. The fraction of sp³-hybridized carbons (Fsp3) is 0.318. The van der Waals surface area contributed by atoms with Gasteiger partial charge in [-0.25, -0.2) is 4.39 Å². The minimum absolute atomic E-state index is 0.0138. The Morgan fingerprint density at radius 1 is 0.909 bits per heavy atom. The average molecular weight is 747 g/mol. The van der Waals surface area contributed by atoms with Gasteiger partial charge in [0, 0.05) is 62.4 Å². The molecule has 0 aliphatic carbocycles. The lowest BCUT2D eigenvalue weighted by Crippen LogP contribution is -2.52. The van der Waals surface area contributed by atoms with E-state index in [0.717, 1.165) is 35.5 Å². The number of ether oxygens (including phenoxy) is 3. The van der Waals surface area contributed by atoms with Crippen molar-refractivity contribution in [2.24, 2.45) is 7.05 Å². The second kappa shape index (κ2) is 16.4. The first-order valence-corrected chi connectivity index (χ1v) is 18.6. The van der Waals surface area contributed by atoms with Gasteiger partial charge in [0.15, 0.2) is 11.6 Å². The summed E-state index contributed by atoms with van der Waals surface area (Å²) in [5.41, 5.74) is 6.70. The number of phenols is 1. The van der Waals surface area contributed by atoms with Crippen LogP contribution < -0.4 is 14.4 Å². The lowest BCUT2D eigenvalue weighted by atomic mass is 9.92. The van der Waals surface area contributed by atoms with Crippen LogP contribution >= 0.6 is 0 Å². The molecular weight excluding hydrogens is 700 g/mol. The maximum absolute atomic E-state index is 15.4. The van der Waals surface area contributed by atoms with E-state index >= 15 is 4.39 Å². The molecule has 1 saturated heterocycles. The molecule has 2 amide bonds. The van der Waals surface area contributed by atoms with Crippen molar-refractivity contribution in [2.75, 3.05) is 44.9 Å². The molecule has 0 radical (unpaired) electrons. The Morgan fingerprint density at radius 3 is 2.36 bits per heavy atom. The summed E-state index contributed by atoms with van der Waals surface area (Å²) in [6.07, 6.45) is 2.57. The highest BCUT2D eigenvalue weighted by Crippen LogP contribution is 2.32. The average Bonchev–Trinajstić information content (AvgIpc) is 3.54. The summed E-state index contributed by atoms with van der Waals surface area (Å²) in [5.74, 6) is -0.355. The molecule has 10 nitrogen and oxygen atoms in total. The van der Waals surface area contributed by atoms with Crippen molar-refractivity contribution in [1.29, 1.82) is 0 Å². The van der Waals surface area contributed by atoms with E-state index in [4.69, 9.17) is 14.2 Å². The number of halogens is 1. The van der Waals surface area contributed by atoms with Crippen molar-refractivity contribution < 1.29 is 33.3 Å². The number of rotatable bonds is 11. The van der Waals surface area contributed by atoms with Crippen molar-refractivity contribution in [3.05, 3.63) is 142 Å². The Labute approximate surface area is 321 Å². The Kier molecular flexibility index (Phi) is 11.2. The van der Waals surface area contributed by atoms with Crippen LogP contribution in [-0.4, -0.2) is 77.3 Å². The Hall–Kier alpha value is -5.65. The molecule has 7 rings (SSSR count). The third-order valence-corrected chi connectivity index (χ3v) is 10.9. The highest BCUT2D eigenvalue weighted by Gasteiger charge is 2.34. The van der Waals surface area contributed by atoms with Crippen LogP contribution in [0.5, 0.6) is 17.2 Å². The SMILES string of the molecule is COc1cc(C(=O)N2Cc3ccccc3C[C@H]2CN2CCOCC2)c(COc2cccc(CN(C(=O)c3ccn(C)c3C)c3ccc(O)cc3)c2C)cc1F. The summed E-state index contributed by atoms with van der Waals surface area (Å²) in [5, 5.41) is 9.97. The molecule has 0 saturated carbocycles. The third-order valence-electron chi connectivity index (χ3n) is 10.9. The fourth-order valence-corrected chi connectivity index (χ4v) is 7.50. The number of anilines is 1. The number of benzene rings is 4. The smallest absolute Gasteiger partial charge is 0.260 e. The van der Waals surface area contributed by atoms with Crippen LogP contribution in [0.15, 0.2) is 91.1 Å². The van der Waals surface area contributed by atoms with Crippen LogP contribution in [0.25, 0.3) is 0 Å². The van der Waals surface area contributed by atoms with Crippen molar-refractivity contribution >= 4 is 17.5 Å². The van der Waals surface area contributed by atoms with Gasteiger partial charge in [0.2, 0.25) is 0 Å². The van der Waals surface area contributed by atoms with E-state index in [0.29, 0.717) is 60.9 Å². The van der Waals surface area contributed by atoms with E-state index < -0.39 is 5.82 Å². The molecule has 0 bridgehead atoms. The molecule has 1 atom stereocenters. The topological polar surface area (TPSA) is 96.7 Å². The van der Waals surface area contributed by atoms with Crippen molar-refractivity contribution in [1.82, 2.24) is 14.4 Å². The zero-order valence-corrected chi connectivity index (χ0v) is 31.8. The Balaban J connectivity index is 1.17. The second-order valence-electron chi connectivity index (χ2n) is 14.3. The summed E-state index contributed by atoms with van der Waals surface area (Å²) < 4.78 is 34.6. The van der Waals surface area contributed by atoms with Gasteiger partial charge in [-0.05, 0) is 91.1 Å². The summed E-state index contributed by atoms with van der Waals surface area (Å²) in [6, 6.07) is 24.9. The molecular formula is C44H47FN4O6. The van der Waals surface area contributed by atoms with Crippen LogP contribution in [0.1, 0.15) is 54.2 Å². The molecule has 286 valence electrons. The minimum atomic E-state index is -0.587. The van der Waals surface area contributed by atoms with E-state index in [2.05, 4.69) is 17.0 Å². The monoisotopic (exact) mass is 746 g/mol. The van der Waals surface area contributed by atoms with Gasteiger partial charge >= 0.3 is 0 Å². The standard InChI is InChI=1S/C44H47FN4O6/c1-29-32(25-48(35-12-14-37(50)15-13-35)43(51)38-16-17-46(3)30(38)2)10-7-11-41(29)55-28-34-23-40(45)42(53-4)24-39(34)44(52)49-26-33-9-6-5-8-31(33)22-36(49)27-47-18-20-54-21-19-47/h5-17,23-24,36,50H,18-22,25-28H2,1-4H3/t36-/m0/s1. The van der Waals surface area contributed by atoms with Crippen LogP contribution in [0.3, 0.4) is 0 Å². The number of carbonyl (C=O) groups is 2. The number of nitrogens with zero attached hydrogens (tertiary/aromatic N) is 4. The van der Waals surface area contributed by atoms with E-state index in [1.54, 1.807) is 35.2 Å². The highest BCUT2D eigenvalue weighted by molar-refractivity contribution is 6.07. The number of methoxy groups -OCH3 is 1. The first-order chi connectivity index (χ1) is 26.6.